The van der Waals surface area contributed by atoms with Gasteiger partial charge in [0.2, 0.25) is 11.8 Å². The second-order valence-corrected chi connectivity index (χ2v) is 10.3. The van der Waals surface area contributed by atoms with Gasteiger partial charge >= 0.3 is 0 Å². The zero-order valence-corrected chi connectivity index (χ0v) is 21.0. The molecule has 0 radical (unpaired) electrons. The maximum Gasteiger partial charge on any atom is 0.238 e. The molecule has 180 valence electrons. The summed E-state index contributed by atoms with van der Waals surface area (Å²) >= 11 is 19.2. The Kier molecular flexibility index (Phi) is 5.56. The smallest absolute Gasteiger partial charge is 0.238 e. The molecule has 0 unspecified atom stereocenters. The Hall–Kier alpha value is -3.32. The van der Waals surface area contributed by atoms with Crippen molar-refractivity contribution in [1.29, 1.82) is 0 Å². The standard InChI is InChI=1S/C27H19Cl3N4O2/c28-16-3-1-2-15(10-16)21-13-24(35)33-25(19-11-17(29)5-7-23(19)34-9-8-31-14-34)27(21)20-6-4-18(30)12-22(20)32-26(27)36/h1-12,14,21,25H,13H2,(H,32,36)(H,33,35)/t21-,25+,27-/m0/s1. The van der Waals surface area contributed by atoms with Gasteiger partial charge in [-0.25, -0.2) is 4.98 Å². The van der Waals surface area contributed by atoms with Gasteiger partial charge in [-0.05, 0) is 53.6 Å². The van der Waals surface area contributed by atoms with Gasteiger partial charge in [-0.15, -0.1) is 0 Å². The normalized spacial score (nSPS) is 22.9. The molecule has 2 amide bonds. The van der Waals surface area contributed by atoms with E-state index in [9.17, 15) is 9.59 Å². The highest BCUT2D eigenvalue weighted by Gasteiger charge is 2.61. The number of halogens is 3. The molecule has 3 atom stereocenters. The number of anilines is 1. The number of amides is 2. The third-order valence-corrected chi connectivity index (χ3v) is 7.79. The molecule has 2 N–H and O–H groups in total. The van der Waals surface area contributed by atoms with Gasteiger partial charge in [0.05, 0.1) is 18.1 Å². The van der Waals surface area contributed by atoms with E-state index in [0.717, 1.165) is 16.8 Å². The summed E-state index contributed by atoms with van der Waals surface area (Å²) in [4.78, 5) is 31.6. The molecule has 3 heterocycles. The number of carbonyl (C=O) groups excluding carboxylic acids is 2. The fraction of sp³-hybridized carbons (Fsp3) is 0.148. The average molecular weight is 538 g/mol. The van der Waals surface area contributed by atoms with Crippen molar-refractivity contribution in [3.05, 3.63) is 111 Å². The second-order valence-electron chi connectivity index (χ2n) is 9.00. The lowest BCUT2D eigenvalue weighted by molar-refractivity contribution is -0.131. The van der Waals surface area contributed by atoms with Crippen molar-refractivity contribution in [2.45, 2.75) is 23.8 Å². The van der Waals surface area contributed by atoms with Gasteiger partial charge in [0, 0.05) is 51.1 Å². The van der Waals surface area contributed by atoms with Crippen molar-refractivity contribution in [1.82, 2.24) is 14.9 Å². The summed E-state index contributed by atoms with van der Waals surface area (Å²) in [7, 11) is 0. The van der Waals surface area contributed by atoms with Crippen LogP contribution in [-0.2, 0) is 15.0 Å². The lowest BCUT2D eigenvalue weighted by atomic mass is 9.59. The van der Waals surface area contributed by atoms with E-state index >= 15 is 0 Å². The van der Waals surface area contributed by atoms with E-state index in [1.54, 1.807) is 49.1 Å². The highest BCUT2D eigenvalue weighted by molar-refractivity contribution is 6.31. The van der Waals surface area contributed by atoms with Gasteiger partial charge in [-0.2, -0.15) is 0 Å². The summed E-state index contributed by atoms with van der Waals surface area (Å²) < 4.78 is 1.84. The molecular weight excluding hydrogens is 519 g/mol. The molecule has 0 saturated carbocycles. The van der Waals surface area contributed by atoms with Gasteiger partial charge in [-0.3, -0.25) is 9.59 Å². The highest BCUT2D eigenvalue weighted by Crippen LogP contribution is 2.58. The Balaban J connectivity index is 1.67. The topological polar surface area (TPSA) is 76.0 Å². The molecule has 2 aliphatic heterocycles. The van der Waals surface area contributed by atoms with Crippen LogP contribution < -0.4 is 10.6 Å². The first kappa shape index (κ1) is 23.1. The number of hydrogen-bond donors (Lipinski definition) is 2. The molecule has 1 fully saturated rings. The number of benzene rings is 3. The van der Waals surface area contributed by atoms with Crippen LogP contribution in [0.25, 0.3) is 5.69 Å². The molecule has 1 spiro atoms. The third kappa shape index (κ3) is 3.52. The molecule has 1 saturated heterocycles. The first-order valence-electron chi connectivity index (χ1n) is 11.3. The van der Waals surface area contributed by atoms with E-state index in [4.69, 9.17) is 34.8 Å². The first-order valence-corrected chi connectivity index (χ1v) is 12.5. The van der Waals surface area contributed by atoms with Crippen LogP contribution in [0.3, 0.4) is 0 Å². The molecular formula is C27H19Cl3N4O2. The van der Waals surface area contributed by atoms with Gasteiger partial charge in [0.1, 0.15) is 5.41 Å². The van der Waals surface area contributed by atoms with Gasteiger partial charge in [0.15, 0.2) is 0 Å². The van der Waals surface area contributed by atoms with E-state index in [-0.39, 0.29) is 18.2 Å². The van der Waals surface area contributed by atoms with E-state index < -0.39 is 17.4 Å². The van der Waals surface area contributed by atoms with Crippen molar-refractivity contribution in [2.75, 3.05) is 5.32 Å². The Labute approximate surface area is 222 Å². The van der Waals surface area contributed by atoms with Gasteiger partial charge in [0.25, 0.3) is 0 Å². The van der Waals surface area contributed by atoms with Gasteiger partial charge < -0.3 is 15.2 Å². The molecule has 4 aromatic rings. The Bertz CT molecular complexity index is 1520. The summed E-state index contributed by atoms with van der Waals surface area (Å²) in [6.07, 6.45) is 5.25. The number of imidazole rings is 1. The molecule has 0 bridgehead atoms. The van der Waals surface area contributed by atoms with Crippen molar-refractivity contribution in [3.63, 3.8) is 0 Å². The SMILES string of the molecule is O=C1C[C@@H](c2cccc(Cl)c2)[C@]2(C(=O)Nc3cc(Cl)ccc32)[C@@H](c2cc(Cl)ccc2-n2ccnc2)N1. The van der Waals surface area contributed by atoms with Gasteiger partial charge in [-0.1, -0.05) is 53.0 Å². The lowest BCUT2D eigenvalue weighted by Crippen LogP contribution is -2.57. The second kappa shape index (κ2) is 8.66. The van der Waals surface area contributed by atoms with Crippen LogP contribution in [0, 0.1) is 0 Å². The molecule has 2 aliphatic rings. The summed E-state index contributed by atoms with van der Waals surface area (Å²) in [5, 5.41) is 7.69. The maximum absolute atomic E-state index is 14.2. The molecule has 6 rings (SSSR count). The third-order valence-electron chi connectivity index (χ3n) is 7.09. The van der Waals surface area contributed by atoms with E-state index in [0.29, 0.717) is 26.3 Å². The predicted molar refractivity (Wildman–Crippen MR) is 140 cm³/mol. The molecule has 36 heavy (non-hydrogen) atoms. The van der Waals surface area contributed by atoms with Crippen LogP contribution in [0.1, 0.15) is 35.1 Å². The van der Waals surface area contributed by atoms with Crippen molar-refractivity contribution >= 4 is 52.3 Å². The number of carbonyl (C=O) groups is 2. The predicted octanol–water partition coefficient (Wildman–Crippen LogP) is 6.07. The largest absolute Gasteiger partial charge is 0.348 e. The van der Waals surface area contributed by atoms with Crippen LogP contribution in [0.15, 0.2) is 79.4 Å². The number of piperidine rings is 1. The average Bonchev–Trinajstić information content (AvgIpc) is 3.47. The number of aromatic nitrogens is 2. The van der Waals surface area contributed by atoms with Crippen LogP contribution in [0.4, 0.5) is 5.69 Å². The lowest BCUT2D eigenvalue weighted by Gasteiger charge is -2.46. The van der Waals surface area contributed by atoms with Crippen LogP contribution >= 0.6 is 34.8 Å². The zero-order valence-electron chi connectivity index (χ0n) is 18.7. The fourth-order valence-corrected chi connectivity index (χ4v) is 6.21. The molecule has 1 aromatic heterocycles. The summed E-state index contributed by atoms with van der Waals surface area (Å²) in [6.45, 7) is 0. The van der Waals surface area contributed by atoms with Crippen LogP contribution in [0.2, 0.25) is 15.1 Å². The number of nitrogens with zero attached hydrogens (tertiary/aromatic N) is 2. The van der Waals surface area contributed by atoms with Crippen molar-refractivity contribution < 1.29 is 9.59 Å². The number of hydrogen-bond acceptors (Lipinski definition) is 3. The summed E-state index contributed by atoms with van der Waals surface area (Å²) in [5.74, 6) is -0.916. The molecule has 3 aromatic carbocycles. The Morgan fingerprint density at radius 1 is 0.944 bits per heavy atom. The van der Waals surface area contributed by atoms with Crippen LogP contribution in [0.5, 0.6) is 0 Å². The minimum absolute atomic E-state index is 0.104. The van der Waals surface area contributed by atoms with Crippen molar-refractivity contribution in [2.24, 2.45) is 0 Å². The number of nitrogens with one attached hydrogen (secondary N) is 2. The zero-order chi connectivity index (χ0) is 25.0. The number of fused-ring (bicyclic) bond motifs is 2. The quantitative estimate of drug-likeness (QED) is 0.333. The maximum atomic E-state index is 14.2. The van der Waals surface area contributed by atoms with E-state index in [1.807, 2.05) is 34.9 Å². The molecule has 0 aliphatic carbocycles. The summed E-state index contributed by atoms with van der Waals surface area (Å²) in [5.41, 5.74) is 2.42. The Morgan fingerprint density at radius 3 is 2.50 bits per heavy atom. The molecule has 9 heteroatoms. The minimum Gasteiger partial charge on any atom is -0.348 e. The fourth-order valence-electron chi connectivity index (χ4n) is 5.66. The first-order chi connectivity index (χ1) is 17.4. The number of rotatable bonds is 3. The monoisotopic (exact) mass is 536 g/mol. The summed E-state index contributed by atoms with van der Waals surface area (Å²) in [6, 6.07) is 17.4. The highest BCUT2D eigenvalue weighted by atomic mass is 35.5. The van der Waals surface area contributed by atoms with E-state index in [2.05, 4.69) is 15.6 Å². The van der Waals surface area contributed by atoms with Crippen molar-refractivity contribution in [3.8, 4) is 5.69 Å². The Morgan fingerprint density at radius 2 is 1.72 bits per heavy atom. The molecule has 6 nitrogen and oxygen atoms in total. The van der Waals surface area contributed by atoms with E-state index in [1.165, 1.54) is 0 Å². The minimum atomic E-state index is -1.20. The van der Waals surface area contributed by atoms with Crippen LogP contribution in [-0.4, -0.2) is 21.4 Å².